The molecule has 0 saturated carbocycles. The standard InChI is InChI=1S/C6H14O.CH2O3.Ag/c1-2-3-4-5-6-7;2-1(3)4;/h7H,2-6H2,1H3;(H2,2,3,4);/p-2. The van der Waals surface area contributed by atoms with Crippen molar-refractivity contribution in [2.45, 2.75) is 32.6 Å². The Kier molecular flexibility index (Phi) is 25.6. The van der Waals surface area contributed by atoms with Crippen LogP contribution in [0.15, 0.2) is 0 Å². The van der Waals surface area contributed by atoms with Gasteiger partial charge >= 0.3 is 0 Å². The van der Waals surface area contributed by atoms with Gasteiger partial charge < -0.3 is 20.1 Å². The number of hydrogen-bond donors (Lipinski definition) is 1. The summed E-state index contributed by atoms with van der Waals surface area (Å²) in [5.41, 5.74) is 0. The van der Waals surface area contributed by atoms with E-state index in [9.17, 15) is 0 Å². The van der Waals surface area contributed by atoms with Gasteiger partial charge in [-0.3, -0.25) is 0 Å². The predicted molar refractivity (Wildman–Crippen MR) is 36.6 cm³/mol. The molecule has 79 valence electrons. The van der Waals surface area contributed by atoms with E-state index in [4.69, 9.17) is 20.1 Å². The van der Waals surface area contributed by atoms with Crippen molar-refractivity contribution in [2.75, 3.05) is 6.61 Å². The summed E-state index contributed by atoms with van der Waals surface area (Å²) in [6.07, 6.45) is 2.35. The topological polar surface area (TPSA) is 83.4 Å². The summed E-state index contributed by atoms with van der Waals surface area (Å²) in [7, 11) is 0. The summed E-state index contributed by atoms with van der Waals surface area (Å²) >= 11 is 0. The SMILES string of the molecule is CCCCCCO.O=C([O-])[O-].[Ag]. The predicted octanol–water partition coefficient (Wildman–Crippen LogP) is -0.890. The fraction of sp³-hybridized carbons (Fsp3) is 0.857. The van der Waals surface area contributed by atoms with E-state index < -0.39 is 6.16 Å². The molecule has 0 rings (SSSR count). The number of hydrogen-bond acceptors (Lipinski definition) is 4. The van der Waals surface area contributed by atoms with Crippen molar-refractivity contribution in [1.82, 2.24) is 0 Å². The molecule has 0 spiro atoms. The largest absolute Gasteiger partial charge is 0.652 e. The van der Waals surface area contributed by atoms with Crippen molar-refractivity contribution in [1.29, 1.82) is 0 Å². The van der Waals surface area contributed by atoms with Gasteiger partial charge in [0.15, 0.2) is 0 Å². The van der Waals surface area contributed by atoms with Crippen molar-refractivity contribution >= 4 is 6.16 Å². The molecule has 0 fully saturated rings. The number of rotatable bonds is 4. The third kappa shape index (κ3) is 50.9. The van der Waals surface area contributed by atoms with Crippen LogP contribution in [0.25, 0.3) is 0 Å². The first-order valence-electron chi connectivity index (χ1n) is 3.64. The fourth-order valence-electron chi connectivity index (χ4n) is 0.539. The first-order chi connectivity index (χ1) is 5.15. The number of unbranched alkanes of at least 4 members (excludes halogenated alkanes) is 3. The Morgan fingerprint density at radius 1 is 1.25 bits per heavy atom. The quantitative estimate of drug-likeness (QED) is 0.530. The molecule has 0 amide bonds. The van der Waals surface area contributed by atoms with Crippen LogP contribution in [-0.2, 0) is 22.4 Å². The average molecular weight is 270 g/mol. The second-order valence-electron chi connectivity index (χ2n) is 2.03. The van der Waals surface area contributed by atoms with E-state index in [1.165, 1.54) is 19.3 Å². The molecule has 0 aromatic rings. The normalized spacial score (nSPS) is 7.50. The average Bonchev–Trinajstić information content (AvgIpc) is 1.88. The van der Waals surface area contributed by atoms with Crippen molar-refractivity contribution in [3.8, 4) is 0 Å². The van der Waals surface area contributed by atoms with Crippen LogP contribution in [-0.4, -0.2) is 17.9 Å². The second-order valence-corrected chi connectivity index (χ2v) is 2.03. The molecule has 0 heterocycles. The maximum Gasteiger partial charge on any atom is 0.0431 e. The molecule has 4 nitrogen and oxygen atoms in total. The van der Waals surface area contributed by atoms with Crippen molar-refractivity contribution in [2.24, 2.45) is 0 Å². The number of aliphatic hydroxyl groups excluding tert-OH is 1. The molecule has 0 aliphatic heterocycles. The maximum atomic E-state index is 8.33. The van der Waals surface area contributed by atoms with Crippen molar-refractivity contribution in [3.63, 3.8) is 0 Å². The number of carbonyl (C=O) groups is 1. The van der Waals surface area contributed by atoms with E-state index in [0.717, 1.165) is 6.42 Å². The monoisotopic (exact) mass is 269 g/mol. The van der Waals surface area contributed by atoms with Crippen molar-refractivity contribution in [3.05, 3.63) is 0 Å². The zero-order valence-corrected chi connectivity index (χ0v) is 8.49. The van der Waals surface area contributed by atoms with E-state index in [0.29, 0.717) is 6.61 Å². The Morgan fingerprint density at radius 2 is 1.67 bits per heavy atom. The molecule has 12 heavy (non-hydrogen) atoms. The molecule has 0 aliphatic carbocycles. The zero-order chi connectivity index (χ0) is 9.11. The summed E-state index contributed by atoms with van der Waals surface area (Å²) in [5, 5.41) is 25.0. The Bertz CT molecular complexity index is 79.5. The Hall–Kier alpha value is -0.0297. The molecule has 0 bridgehead atoms. The van der Waals surface area contributed by atoms with Gasteiger partial charge in [-0.2, -0.15) is 0 Å². The number of carboxylic acid groups (broad SMARTS) is 2. The minimum Gasteiger partial charge on any atom is -0.652 e. The van der Waals surface area contributed by atoms with E-state index in [1.807, 2.05) is 0 Å². The molecule has 0 unspecified atom stereocenters. The molecule has 1 N–H and O–H groups in total. The Labute approximate surface area is 88.1 Å². The van der Waals surface area contributed by atoms with E-state index in [1.54, 1.807) is 0 Å². The van der Waals surface area contributed by atoms with Crippen LogP contribution in [0, 0.1) is 0 Å². The number of aliphatic hydroxyl groups is 1. The summed E-state index contributed by atoms with van der Waals surface area (Å²) < 4.78 is 0. The molecule has 5 heteroatoms. The van der Waals surface area contributed by atoms with Gasteiger partial charge in [0.25, 0.3) is 0 Å². The van der Waals surface area contributed by atoms with Crippen LogP contribution < -0.4 is 10.2 Å². The van der Waals surface area contributed by atoms with Crippen LogP contribution in [0.1, 0.15) is 32.6 Å². The summed E-state index contributed by atoms with van der Waals surface area (Å²) in [4.78, 5) is 8.33. The summed E-state index contributed by atoms with van der Waals surface area (Å²) in [6, 6.07) is 0. The zero-order valence-electron chi connectivity index (χ0n) is 7.01. The van der Waals surface area contributed by atoms with Crippen LogP contribution in [0.4, 0.5) is 4.79 Å². The molecule has 0 aromatic heterocycles. The van der Waals surface area contributed by atoms with Gasteiger partial charge in [-0.05, 0) is 12.6 Å². The van der Waals surface area contributed by atoms with E-state index in [2.05, 4.69) is 6.92 Å². The van der Waals surface area contributed by atoms with E-state index in [-0.39, 0.29) is 22.4 Å². The van der Waals surface area contributed by atoms with Crippen LogP contribution in [0.5, 0.6) is 0 Å². The third-order valence-electron chi connectivity index (χ3n) is 1.01. The minimum atomic E-state index is -2.33. The number of carbonyl (C=O) groups excluding carboxylic acids is 1. The van der Waals surface area contributed by atoms with Gasteiger partial charge in [-0.15, -0.1) is 0 Å². The van der Waals surface area contributed by atoms with Gasteiger partial charge in [0.05, 0.1) is 0 Å². The van der Waals surface area contributed by atoms with Crippen LogP contribution in [0.3, 0.4) is 0 Å². The molecule has 0 saturated heterocycles. The summed E-state index contributed by atoms with van der Waals surface area (Å²) in [5.74, 6) is 0. The molecule has 0 atom stereocenters. The van der Waals surface area contributed by atoms with Crippen LogP contribution >= 0.6 is 0 Å². The Morgan fingerprint density at radius 3 is 1.92 bits per heavy atom. The van der Waals surface area contributed by atoms with Gasteiger partial charge in [-0.1, -0.05) is 26.2 Å². The smallest absolute Gasteiger partial charge is 0.0431 e. The van der Waals surface area contributed by atoms with Gasteiger partial charge in [0.1, 0.15) is 0 Å². The fourth-order valence-corrected chi connectivity index (χ4v) is 0.539. The molecule has 1 radical (unpaired) electrons. The Balaban J connectivity index is -0.000000142. The van der Waals surface area contributed by atoms with E-state index >= 15 is 0 Å². The first kappa shape index (κ1) is 17.9. The molecule has 0 aliphatic rings. The maximum absolute atomic E-state index is 8.33. The summed E-state index contributed by atoms with van der Waals surface area (Å²) in [6.45, 7) is 2.53. The van der Waals surface area contributed by atoms with Gasteiger partial charge in [0.2, 0.25) is 0 Å². The van der Waals surface area contributed by atoms with Gasteiger partial charge in [0, 0.05) is 29.0 Å². The first-order valence-corrected chi connectivity index (χ1v) is 3.64. The third-order valence-corrected chi connectivity index (χ3v) is 1.01. The molecular formula is C7H14AgO4-2. The van der Waals surface area contributed by atoms with Crippen molar-refractivity contribution < 1.29 is 42.5 Å². The minimum absolute atomic E-state index is 0. The molecule has 0 aromatic carbocycles. The molecular weight excluding hydrogens is 256 g/mol. The van der Waals surface area contributed by atoms with Crippen LogP contribution in [0.2, 0.25) is 0 Å². The van der Waals surface area contributed by atoms with Gasteiger partial charge in [-0.25, -0.2) is 0 Å². The second kappa shape index (κ2) is 17.2.